The lowest BCUT2D eigenvalue weighted by molar-refractivity contribution is 0.0231. The number of hydrogen-bond acceptors (Lipinski definition) is 6. The smallest absolute Gasteiger partial charge is 0.410 e. The number of carbonyl (C=O) groups excluding carboxylic acids is 1. The van der Waals surface area contributed by atoms with Gasteiger partial charge in [-0.05, 0) is 49.4 Å². The number of ether oxygens (including phenoxy) is 2. The van der Waals surface area contributed by atoms with Crippen LogP contribution in [-0.2, 0) is 22.5 Å². The molecule has 0 aliphatic carbocycles. The molecule has 0 N–H and O–H groups in total. The van der Waals surface area contributed by atoms with Crippen molar-refractivity contribution >= 4 is 45.9 Å². The van der Waals surface area contributed by atoms with Crippen molar-refractivity contribution < 1.29 is 14.3 Å². The number of fused-ring (bicyclic) bond motifs is 2. The second kappa shape index (κ2) is 9.45. The fourth-order valence-corrected chi connectivity index (χ4v) is 5.18. The van der Waals surface area contributed by atoms with Crippen LogP contribution >= 0.6 is 23.2 Å². The molecule has 1 fully saturated rings. The van der Waals surface area contributed by atoms with E-state index in [1.54, 1.807) is 4.90 Å². The van der Waals surface area contributed by atoms with E-state index >= 15 is 0 Å². The van der Waals surface area contributed by atoms with Gasteiger partial charge in [-0.1, -0.05) is 41.9 Å². The Bertz CT molecular complexity index is 1260. The first-order valence-electron chi connectivity index (χ1n) is 11.8. The molecule has 1 unspecified atom stereocenters. The summed E-state index contributed by atoms with van der Waals surface area (Å²) < 4.78 is 11.9. The summed E-state index contributed by atoms with van der Waals surface area (Å²) in [7, 11) is 0. The van der Waals surface area contributed by atoms with Crippen LogP contribution < -0.4 is 4.90 Å². The summed E-state index contributed by atoms with van der Waals surface area (Å²) in [5, 5.41) is 3.00. The lowest BCUT2D eigenvalue weighted by atomic mass is 9.94. The average molecular weight is 515 g/mol. The van der Waals surface area contributed by atoms with E-state index in [1.807, 2.05) is 39.0 Å². The molecule has 3 heterocycles. The molecular weight excluding hydrogens is 487 g/mol. The zero-order valence-corrected chi connectivity index (χ0v) is 21.6. The zero-order chi connectivity index (χ0) is 24.7. The topological polar surface area (TPSA) is 67.8 Å². The maximum Gasteiger partial charge on any atom is 0.410 e. The van der Waals surface area contributed by atoms with E-state index in [0.29, 0.717) is 44.2 Å². The van der Waals surface area contributed by atoms with Crippen molar-refractivity contribution in [3.8, 4) is 0 Å². The third-order valence-corrected chi connectivity index (χ3v) is 6.80. The molecule has 184 valence electrons. The number of carbonyl (C=O) groups is 1. The molecule has 0 radical (unpaired) electrons. The van der Waals surface area contributed by atoms with E-state index in [2.05, 4.69) is 33.1 Å². The van der Waals surface area contributed by atoms with Crippen LogP contribution in [0.2, 0.25) is 10.3 Å². The summed E-state index contributed by atoms with van der Waals surface area (Å²) >= 11 is 12.9. The number of piperazine rings is 1. The number of aromatic nitrogens is 2. The molecule has 9 heteroatoms. The Morgan fingerprint density at radius 3 is 2.49 bits per heavy atom. The molecule has 0 bridgehead atoms. The highest BCUT2D eigenvalue weighted by Crippen LogP contribution is 2.39. The maximum atomic E-state index is 12.4. The predicted octanol–water partition coefficient (Wildman–Crippen LogP) is 5.81. The predicted molar refractivity (Wildman–Crippen MR) is 137 cm³/mol. The minimum absolute atomic E-state index is 0.186. The molecular formula is C26H28Cl2N4O3. The van der Waals surface area contributed by atoms with E-state index in [9.17, 15) is 4.79 Å². The van der Waals surface area contributed by atoms with Gasteiger partial charge in [0, 0.05) is 48.6 Å². The highest BCUT2D eigenvalue weighted by molar-refractivity contribution is 6.35. The highest BCUT2D eigenvalue weighted by atomic mass is 35.5. The monoisotopic (exact) mass is 514 g/mol. The maximum absolute atomic E-state index is 12.4. The molecule has 2 aliphatic rings. The van der Waals surface area contributed by atoms with E-state index in [-0.39, 0.29) is 17.5 Å². The third-order valence-electron chi connectivity index (χ3n) is 6.32. The van der Waals surface area contributed by atoms with Crippen molar-refractivity contribution in [2.24, 2.45) is 0 Å². The number of amides is 1. The minimum atomic E-state index is -0.518. The van der Waals surface area contributed by atoms with E-state index in [4.69, 9.17) is 32.7 Å². The second-order valence-electron chi connectivity index (χ2n) is 9.88. The average Bonchev–Trinajstić information content (AvgIpc) is 2.82. The van der Waals surface area contributed by atoms with Gasteiger partial charge >= 0.3 is 6.09 Å². The largest absolute Gasteiger partial charge is 0.444 e. The van der Waals surface area contributed by atoms with Gasteiger partial charge in [-0.15, -0.1) is 0 Å². The van der Waals surface area contributed by atoms with Crippen LogP contribution in [0.5, 0.6) is 0 Å². The molecule has 3 aromatic rings. The van der Waals surface area contributed by atoms with Gasteiger partial charge in [0.2, 0.25) is 5.28 Å². The molecule has 1 aromatic heterocycles. The normalized spacial score (nSPS) is 18.5. The number of hydrogen-bond donors (Lipinski definition) is 0. The van der Waals surface area contributed by atoms with Crippen LogP contribution in [0.15, 0.2) is 36.4 Å². The quantitative estimate of drug-likeness (QED) is 0.402. The van der Waals surface area contributed by atoms with Gasteiger partial charge in [0.05, 0.1) is 18.4 Å². The lowest BCUT2D eigenvalue weighted by Crippen LogP contribution is -2.50. The molecule has 1 atom stereocenters. The molecule has 5 rings (SSSR count). The van der Waals surface area contributed by atoms with Crippen molar-refractivity contribution in [1.29, 1.82) is 0 Å². The molecule has 7 nitrogen and oxygen atoms in total. The molecule has 2 aromatic carbocycles. The SMILES string of the molecule is CC(C)(C)OC(=O)N1CCN(c2nc(Cl)nc3c2COC(c2cccc4cccc(Cl)c24)C3)CC1. The van der Waals surface area contributed by atoms with Crippen molar-refractivity contribution in [2.45, 2.75) is 45.5 Å². The lowest BCUT2D eigenvalue weighted by Gasteiger charge is -2.37. The van der Waals surface area contributed by atoms with E-state index < -0.39 is 5.60 Å². The van der Waals surface area contributed by atoms with Crippen molar-refractivity contribution in [3.63, 3.8) is 0 Å². The summed E-state index contributed by atoms with van der Waals surface area (Å²) in [5.41, 5.74) is 2.36. The Hall–Kier alpha value is -2.61. The molecule has 1 saturated heterocycles. The Kier molecular flexibility index (Phi) is 6.51. The Morgan fingerprint density at radius 2 is 1.77 bits per heavy atom. The standard InChI is InChI=1S/C26H28Cl2N4O3/c1-26(2,3)35-25(33)32-12-10-31(11-13-32)23-18-15-34-21(14-20(18)29-24(28)30-23)17-8-4-6-16-7-5-9-19(27)22(16)17/h4-9,21H,10-15H2,1-3H3. The Labute approximate surface area is 214 Å². The first kappa shape index (κ1) is 24.1. The number of nitrogens with zero attached hydrogens (tertiary/aromatic N) is 4. The van der Waals surface area contributed by atoms with Crippen LogP contribution in [0.25, 0.3) is 10.8 Å². The number of halogens is 2. The number of rotatable bonds is 2. The minimum Gasteiger partial charge on any atom is -0.444 e. The van der Waals surface area contributed by atoms with Crippen molar-refractivity contribution in [2.75, 3.05) is 31.1 Å². The number of anilines is 1. The van der Waals surface area contributed by atoms with Crippen LogP contribution in [0.3, 0.4) is 0 Å². The molecule has 1 amide bonds. The van der Waals surface area contributed by atoms with Gasteiger partial charge in [0.25, 0.3) is 0 Å². The fraction of sp³-hybridized carbons (Fsp3) is 0.423. The summed E-state index contributed by atoms with van der Waals surface area (Å²) in [6, 6.07) is 12.0. The van der Waals surface area contributed by atoms with Crippen molar-refractivity contribution in [1.82, 2.24) is 14.9 Å². The summed E-state index contributed by atoms with van der Waals surface area (Å²) in [6.07, 6.45) is 0.0982. The van der Waals surface area contributed by atoms with Crippen LogP contribution in [0, 0.1) is 0 Å². The van der Waals surface area contributed by atoms with Gasteiger partial charge in [0.1, 0.15) is 11.4 Å². The molecule has 35 heavy (non-hydrogen) atoms. The number of benzene rings is 2. The molecule has 2 aliphatic heterocycles. The van der Waals surface area contributed by atoms with Gasteiger partial charge in [0.15, 0.2) is 0 Å². The van der Waals surface area contributed by atoms with Crippen LogP contribution in [0.1, 0.15) is 43.7 Å². The fourth-order valence-electron chi connectivity index (χ4n) is 4.70. The highest BCUT2D eigenvalue weighted by Gasteiger charge is 2.31. The van der Waals surface area contributed by atoms with Gasteiger partial charge in [-0.3, -0.25) is 0 Å². The third kappa shape index (κ3) is 5.03. The summed E-state index contributed by atoms with van der Waals surface area (Å²) in [4.78, 5) is 25.4. The Morgan fingerprint density at radius 1 is 1.06 bits per heavy atom. The van der Waals surface area contributed by atoms with Crippen LogP contribution in [0.4, 0.5) is 10.6 Å². The molecule has 0 saturated carbocycles. The van der Waals surface area contributed by atoms with E-state index in [1.165, 1.54) is 0 Å². The van der Waals surface area contributed by atoms with E-state index in [0.717, 1.165) is 33.4 Å². The Balaban J connectivity index is 1.37. The zero-order valence-electron chi connectivity index (χ0n) is 20.1. The summed E-state index contributed by atoms with van der Waals surface area (Å²) in [6.45, 7) is 8.33. The van der Waals surface area contributed by atoms with Crippen molar-refractivity contribution in [3.05, 3.63) is 63.5 Å². The van der Waals surface area contributed by atoms with Gasteiger partial charge in [-0.25, -0.2) is 14.8 Å². The first-order chi connectivity index (χ1) is 16.7. The van der Waals surface area contributed by atoms with Crippen LogP contribution in [-0.4, -0.2) is 52.7 Å². The molecule has 0 spiro atoms. The first-order valence-corrected chi connectivity index (χ1v) is 12.5. The van der Waals surface area contributed by atoms with Gasteiger partial charge in [-0.2, -0.15) is 0 Å². The second-order valence-corrected chi connectivity index (χ2v) is 10.6. The summed E-state index contributed by atoms with van der Waals surface area (Å²) in [5.74, 6) is 0.776. The van der Waals surface area contributed by atoms with Gasteiger partial charge < -0.3 is 19.3 Å².